The number of aliphatic hydroxyl groups is 1. The van der Waals surface area contributed by atoms with Crippen LogP contribution < -0.4 is 0 Å². The summed E-state index contributed by atoms with van der Waals surface area (Å²) in [6.45, 7) is 6.13. The topological polar surface area (TPSA) is 20.2 Å². The average molecular weight is 192 g/mol. The Labute approximate surface area is 86.8 Å². The average Bonchev–Trinajstić information content (AvgIpc) is 2.18. The molecule has 1 aromatic carbocycles. The lowest BCUT2D eigenvalue weighted by atomic mass is 9.87. The van der Waals surface area contributed by atoms with Gasteiger partial charge in [0.15, 0.2) is 0 Å². The minimum absolute atomic E-state index is 0.665. The van der Waals surface area contributed by atoms with E-state index in [0.29, 0.717) is 0 Å². The minimum atomic E-state index is -0.665. The van der Waals surface area contributed by atoms with Crippen LogP contribution in [0.4, 0.5) is 0 Å². The van der Waals surface area contributed by atoms with Crippen LogP contribution in [-0.4, -0.2) is 5.11 Å². The number of benzene rings is 1. The van der Waals surface area contributed by atoms with Crippen molar-refractivity contribution >= 4 is 0 Å². The van der Waals surface area contributed by atoms with Gasteiger partial charge in [0.2, 0.25) is 0 Å². The van der Waals surface area contributed by atoms with E-state index in [2.05, 4.69) is 19.9 Å². The molecule has 78 valence electrons. The Kier molecular flexibility index (Phi) is 3.70. The summed E-state index contributed by atoms with van der Waals surface area (Å²) < 4.78 is 0. The predicted octanol–water partition coefficient (Wildman–Crippen LogP) is 3.26. The Hall–Kier alpha value is -0.820. The lowest BCUT2D eigenvalue weighted by molar-refractivity contribution is 0.0461. The van der Waals surface area contributed by atoms with Gasteiger partial charge in [-0.25, -0.2) is 0 Å². The molecule has 0 saturated heterocycles. The van der Waals surface area contributed by atoms with Crippen LogP contribution in [0.2, 0.25) is 0 Å². The molecule has 0 radical (unpaired) electrons. The van der Waals surface area contributed by atoms with E-state index in [-0.39, 0.29) is 0 Å². The molecule has 1 heteroatoms. The lowest BCUT2D eigenvalue weighted by Crippen LogP contribution is -2.22. The highest BCUT2D eigenvalue weighted by Crippen LogP contribution is 2.28. The molecule has 0 aliphatic heterocycles. The SMILES string of the molecule is CCC[C@](C)(O)c1ccccc1CC. The van der Waals surface area contributed by atoms with Gasteiger partial charge in [0, 0.05) is 0 Å². The van der Waals surface area contributed by atoms with Crippen molar-refractivity contribution in [3.05, 3.63) is 35.4 Å². The first-order valence-corrected chi connectivity index (χ1v) is 5.42. The summed E-state index contributed by atoms with van der Waals surface area (Å²) in [5, 5.41) is 10.3. The molecule has 1 nitrogen and oxygen atoms in total. The summed E-state index contributed by atoms with van der Waals surface area (Å²) in [5.41, 5.74) is 1.68. The number of rotatable bonds is 4. The summed E-state index contributed by atoms with van der Waals surface area (Å²) >= 11 is 0. The number of aryl methyl sites for hydroxylation is 1. The fourth-order valence-corrected chi connectivity index (χ4v) is 1.98. The Balaban J connectivity index is 3.04. The maximum absolute atomic E-state index is 10.3. The highest BCUT2D eigenvalue weighted by molar-refractivity contribution is 5.31. The zero-order chi connectivity index (χ0) is 10.6. The standard InChI is InChI=1S/C13H20O/c1-4-10-13(3,14)12-9-7-6-8-11(12)5-2/h6-9,14H,4-5,10H2,1-3H3/t13-/m0/s1. The second-order valence-electron chi connectivity index (χ2n) is 4.03. The third-order valence-electron chi connectivity index (χ3n) is 2.72. The molecule has 1 rings (SSSR count). The molecule has 0 aromatic heterocycles. The van der Waals surface area contributed by atoms with Crippen LogP contribution in [0.3, 0.4) is 0 Å². The molecule has 0 spiro atoms. The highest BCUT2D eigenvalue weighted by Gasteiger charge is 2.23. The molecular weight excluding hydrogens is 172 g/mol. The Morgan fingerprint density at radius 2 is 1.86 bits per heavy atom. The third-order valence-corrected chi connectivity index (χ3v) is 2.72. The van der Waals surface area contributed by atoms with E-state index in [1.807, 2.05) is 25.1 Å². The second-order valence-corrected chi connectivity index (χ2v) is 4.03. The summed E-state index contributed by atoms with van der Waals surface area (Å²) in [7, 11) is 0. The second kappa shape index (κ2) is 4.61. The molecule has 0 unspecified atom stereocenters. The van der Waals surface area contributed by atoms with Crippen LogP contribution in [0.15, 0.2) is 24.3 Å². The van der Waals surface area contributed by atoms with Gasteiger partial charge in [-0.3, -0.25) is 0 Å². The Morgan fingerprint density at radius 3 is 2.43 bits per heavy atom. The molecule has 1 atom stereocenters. The van der Waals surface area contributed by atoms with Gasteiger partial charge in [-0.2, -0.15) is 0 Å². The van der Waals surface area contributed by atoms with E-state index in [1.54, 1.807) is 0 Å². The van der Waals surface area contributed by atoms with Crippen molar-refractivity contribution in [2.45, 2.75) is 45.6 Å². The van der Waals surface area contributed by atoms with Gasteiger partial charge in [0.1, 0.15) is 0 Å². The number of hydrogen-bond acceptors (Lipinski definition) is 1. The van der Waals surface area contributed by atoms with Crippen LogP contribution in [0.1, 0.15) is 44.7 Å². The van der Waals surface area contributed by atoms with E-state index in [1.165, 1.54) is 5.56 Å². The minimum Gasteiger partial charge on any atom is -0.385 e. The maximum atomic E-state index is 10.3. The van der Waals surface area contributed by atoms with Crippen molar-refractivity contribution < 1.29 is 5.11 Å². The van der Waals surface area contributed by atoms with Crippen molar-refractivity contribution in [2.75, 3.05) is 0 Å². The summed E-state index contributed by atoms with van der Waals surface area (Å²) in [5.74, 6) is 0. The Bertz CT molecular complexity index is 289. The molecule has 0 bridgehead atoms. The zero-order valence-corrected chi connectivity index (χ0v) is 9.38. The van der Waals surface area contributed by atoms with Crippen molar-refractivity contribution in [3.8, 4) is 0 Å². The first-order valence-electron chi connectivity index (χ1n) is 5.42. The van der Waals surface area contributed by atoms with Gasteiger partial charge in [0.05, 0.1) is 5.60 Å². The predicted molar refractivity (Wildman–Crippen MR) is 60.3 cm³/mol. The van der Waals surface area contributed by atoms with Gasteiger partial charge in [0.25, 0.3) is 0 Å². The molecule has 14 heavy (non-hydrogen) atoms. The molecule has 0 aliphatic carbocycles. The van der Waals surface area contributed by atoms with E-state index in [0.717, 1.165) is 24.8 Å². The van der Waals surface area contributed by atoms with E-state index >= 15 is 0 Å². The summed E-state index contributed by atoms with van der Waals surface area (Å²) in [6, 6.07) is 8.16. The fourth-order valence-electron chi connectivity index (χ4n) is 1.98. The quantitative estimate of drug-likeness (QED) is 0.776. The van der Waals surface area contributed by atoms with Gasteiger partial charge in [-0.15, -0.1) is 0 Å². The summed E-state index contributed by atoms with van der Waals surface area (Å²) in [4.78, 5) is 0. The van der Waals surface area contributed by atoms with Crippen molar-refractivity contribution in [2.24, 2.45) is 0 Å². The first-order chi connectivity index (χ1) is 6.61. The third kappa shape index (κ3) is 2.36. The monoisotopic (exact) mass is 192 g/mol. The van der Waals surface area contributed by atoms with Gasteiger partial charge in [-0.05, 0) is 30.9 Å². The van der Waals surface area contributed by atoms with E-state index in [9.17, 15) is 5.11 Å². The van der Waals surface area contributed by atoms with Crippen LogP contribution in [-0.2, 0) is 12.0 Å². The normalized spacial score (nSPS) is 15.1. The number of hydrogen-bond donors (Lipinski definition) is 1. The molecule has 1 aromatic rings. The Morgan fingerprint density at radius 1 is 1.21 bits per heavy atom. The van der Waals surface area contributed by atoms with Crippen molar-refractivity contribution in [3.63, 3.8) is 0 Å². The largest absolute Gasteiger partial charge is 0.385 e. The van der Waals surface area contributed by atoms with Crippen molar-refractivity contribution in [1.29, 1.82) is 0 Å². The van der Waals surface area contributed by atoms with Gasteiger partial charge >= 0.3 is 0 Å². The molecule has 0 aliphatic rings. The van der Waals surface area contributed by atoms with E-state index < -0.39 is 5.60 Å². The van der Waals surface area contributed by atoms with Crippen molar-refractivity contribution in [1.82, 2.24) is 0 Å². The van der Waals surface area contributed by atoms with Crippen LogP contribution >= 0.6 is 0 Å². The van der Waals surface area contributed by atoms with Crippen LogP contribution in [0, 0.1) is 0 Å². The highest BCUT2D eigenvalue weighted by atomic mass is 16.3. The molecule has 0 amide bonds. The fraction of sp³-hybridized carbons (Fsp3) is 0.538. The van der Waals surface area contributed by atoms with Gasteiger partial charge in [-0.1, -0.05) is 44.5 Å². The smallest absolute Gasteiger partial charge is 0.0871 e. The summed E-state index contributed by atoms with van der Waals surface area (Å²) in [6.07, 6.45) is 2.81. The molecule has 0 heterocycles. The maximum Gasteiger partial charge on any atom is 0.0871 e. The van der Waals surface area contributed by atoms with Gasteiger partial charge < -0.3 is 5.11 Å². The van der Waals surface area contributed by atoms with E-state index in [4.69, 9.17) is 0 Å². The lowest BCUT2D eigenvalue weighted by Gasteiger charge is -2.25. The van der Waals surface area contributed by atoms with Crippen LogP contribution in [0.5, 0.6) is 0 Å². The molecule has 0 fully saturated rings. The molecule has 1 N–H and O–H groups in total. The van der Waals surface area contributed by atoms with Crippen LogP contribution in [0.25, 0.3) is 0 Å². The molecule has 0 saturated carbocycles. The zero-order valence-electron chi connectivity index (χ0n) is 9.38. The first kappa shape index (κ1) is 11.3. The molecular formula is C13H20O.